The molecule has 1 rings (SSSR count). The molecule has 0 amide bonds. The molecule has 0 unspecified atom stereocenters. The summed E-state index contributed by atoms with van der Waals surface area (Å²) in [7, 11) is 0. The fourth-order valence-electron chi connectivity index (χ4n) is 0.727. The van der Waals surface area contributed by atoms with Gasteiger partial charge in [-0.3, -0.25) is 4.79 Å². The lowest BCUT2D eigenvalue weighted by atomic mass is 10.1. The van der Waals surface area contributed by atoms with E-state index in [1.165, 1.54) is 31.2 Å². The van der Waals surface area contributed by atoms with Crippen molar-refractivity contribution >= 4 is 5.97 Å². The highest BCUT2D eigenvalue weighted by Gasteiger charge is 2.01. The first-order valence-corrected chi connectivity index (χ1v) is 3.69. The second-order valence-corrected chi connectivity index (χ2v) is 2.38. The van der Waals surface area contributed by atoms with Crippen LogP contribution in [0.2, 0.25) is 0 Å². The van der Waals surface area contributed by atoms with Crippen LogP contribution in [0, 0.1) is 6.17 Å². The minimum Gasteiger partial charge on any atom is -0.426 e. The molecular formula is C10H8FO2. The van der Waals surface area contributed by atoms with Gasteiger partial charge in [0.2, 0.25) is 0 Å². The molecule has 0 heterocycles. The molecule has 0 saturated carbocycles. The van der Waals surface area contributed by atoms with Gasteiger partial charge in [0.1, 0.15) is 6.26 Å². The van der Waals surface area contributed by atoms with Gasteiger partial charge >= 0.3 is 5.97 Å². The lowest BCUT2D eigenvalue weighted by Gasteiger charge is -1.98. The fraction of sp³-hybridized carbons (Fsp3) is 0.100. The van der Waals surface area contributed by atoms with Crippen LogP contribution in [0.3, 0.4) is 0 Å². The predicted molar refractivity (Wildman–Crippen MR) is 46.0 cm³/mol. The molecule has 1 aliphatic rings. The summed E-state index contributed by atoms with van der Waals surface area (Å²) in [5.74, 6) is -0.408. The summed E-state index contributed by atoms with van der Waals surface area (Å²) in [6, 6.07) is 0. The van der Waals surface area contributed by atoms with Gasteiger partial charge in [-0.15, -0.1) is 0 Å². The van der Waals surface area contributed by atoms with Crippen molar-refractivity contribution in [3.05, 3.63) is 48.0 Å². The highest BCUT2D eigenvalue weighted by molar-refractivity contribution is 5.66. The highest BCUT2D eigenvalue weighted by atomic mass is 19.1. The quantitative estimate of drug-likeness (QED) is 0.350. The van der Waals surface area contributed by atoms with E-state index in [1.807, 2.05) is 0 Å². The van der Waals surface area contributed by atoms with Crippen LogP contribution in [0.5, 0.6) is 0 Å². The van der Waals surface area contributed by atoms with Crippen molar-refractivity contribution in [2.75, 3.05) is 0 Å². The van der Waals surface area contributed by atoms with Crippen LogP contribution in [0.15, 0.2) is 41.9 Å². The maximum Gasteiger partial charge on any atom is 0.308 e. The van der Waals surface area contributed by atoms with Gasteiger partial charge in [-0.25, -0.2) is 4.39 Å². The van der Waals surface area contributed by atoms with Gasteiger partial charge in [0.25, 0.3) is 0 Å². The number of halogens is 1. The van der Waals surface area contributed by atoms with Gasteiger partial charge in [0.15, 0.2) is 6.17 Å². The Labute approximate surface area is 75.7 Å². The fourth-order valence-corrected chi connectivity index (χ4v) is 0.727. The zero-order valence-electron chi connectivity index (χ0n) is 7.08. The monoisotopic (exact) mass is 179 g/mol. The van der Waals surface area contributed by atoms with Gasteiger partial charge in [-0.05, 0) is 24.3 Å². The number of carbonyl (C=O) groups is 1. The zero-order valence-corrected chi connectivity index (χ0v) is 7.08. The molecule has 0 aromatic heterocycles. The molecule has 3 heteroatoms. The number of hydrogen-bond acceptors (Lipinski definition) is 2. The lowest BCUT2D eigenvalue weighted by molar-refractivity contribution is -0.135. The van der Waals surface area contributed by atoms with Crippen LogP contribution >= 0.6 is 0 Å². The van der Waals surface area contributed by atoms with Crippen molar-refractivity contribution in [1.82, 2.24) is 0 Å². The van der Waals surface area contributed by atoms with Crippen molar-refractivity contribution in [2.45, 2.75) is 6.92 Å². The Hall–Kier alpha value is -1.60. The molecule has 0 aromatic rings. The Balaban J connectivity index is 2.63. The molecule has 13 heavy (non-hydrogen) atoms. The summed E-state index contributed by atoms with van der Waals surface area (Å²) in [6.07, 6.45) is 6.53. The maximum absolute atomic E-state index is 12.4. The van der Waals surface area contributed by atoms with E-state index in [4.69, 9.17) is 0 Å². The average Bonchev–Trinajstić information content (AvgIpc) is 2.08. The SMILES string of the molecule is CC(=O)OC=C=C1C=C[C](F)C=C1. The molecule has 1 aliphatic carbocycles. The molecular weight excluding hydrogens is 171 g/mol. The van der Waals surface area contributed by atoms with Crippen LogP contribution in [0.4, 0.5) is 4.39 Å². The Morgan fingerprint density at radius 3 is 2.62 bits per heavy atom. The normalized spacial score (nSPS) is 15.4. The van der Waals surface area contributed by atoms with Gasteiger partial charge in [-0.1, -0.05) is 5.73 Å². The van der Waals surface area contributed by atoms with E-state index in [0.29, 0.717) is 5.57 Å². The second-order valence-electron chi connectivity index (χ2n) is 2.38. The molecule has 0 aromatic carbocycles. The van der Waals surface area contributed by atoms with Crippen LogP contribution in [0.25, 0.3) is 0 Å². The molecule has 0 saturated heterocycles. The van der Waals surface area contributed by atoms with Crippen LogP contribution < -0.4 is 0 Å². The Kier molecular flexibility index (Phi) is 3.23. The molecule has 0 aliphatic heterocycles. The first-order chi connectivity index (χ1) is 6.18. The van der Waals surface area contributed by atoms with Crippen LogP contribution in [-0.4, -0.2) is 5.97 Å². The van der Waals surface area contributed by atoms with E-state index in [1.54, 1.807) is 0 Å². The molecule has 0 atom stereocenters. The average molecular weight is 179 g/mol. The summed E-state index contributed by atoms with van der Waals surface area (Å²) in [5.41, 5.74) is 3.32. The maximum atomic E-state index is 12.4. The topological polar surface area (TPSA) is 26.3 Å². The zero-order chi connectivity index (χ0) is 9.68. The highest BCUT2D eigenvalue weighted by Crippen LogP contribution is 2.15. The van der Waals surface area contributed by atoms with E-state index in [9.17, 15) is 9.18 Å². The Morgan fingerprint density at radius 2 is 2.08 bits per heavy atom. The van der Waals surface area contributed by atoms with E-state index >= 15 is 0 Å². The van der Waals surface area contributed by atoms with E-state index in [0.717, 1.165) is 6.26 Å². The molecule has 1 radical (unpaired) electrons. The standard InChI is InChI=1S/C10H8FO2/c1-8(12)13-7-6-9-2-4-10(11)5-3-9/h2-5,7H,1H3. The largest absolute Gasteiger partial charge is 0.426 e. The smallest absolute Gasteiger partial charge is 0.308 e. The van der Waals surface area contributed by atoms with E-state index in [2.05, 4.69) is 10.5 Å². The minimum absolute atomic E-state index is 0.307. The summed E-state index contributed by atoms with van der Waals surface area (Å²) in [5, 5.41) is 0. The number of allylic oxidation sites excluding steroid dienone is 5. The molecule has 0 bridgehead atoms. The summed E-state index contributed by atoms with van der Waals surface area (Å²) >= 11 is 0. The number of carbonyl (C=O) groups excluding carboxylic acids is 1. The van der Waals surface area contributed by atoms with E-state index in [-0.39, 0.29) is 6.17 Å². The summed E-state index contributed by atoms with van der Waals surface area (Å²) in [4.78, 5) is 10.3. The Morgan fingerprint density at radius 1 is 1.46 bits per heavy atom. The molecule has 2 nitrogen and oxygen atoms in total. The minimum atomic E-state index is -0.408. The number of hydrogen-bond donors (Lipinski definition) is 0. The number of ether oxygens (including phenoxy) is 1. The number of esters is 1. The first-order valence-electron chi connectivity index (χ1n) is 3.69. The second kappa shape index (κ2) is 4.43. The third kappa shape index (κ3) is 3.54. The molecule has 0 N–H and O–H groups in total. The van der Waals surface area contributed by atoms with Gasteiger partial charge < -0.3 is 4.74 Å². The van der Waals surface area contributed by atoms with Crippen molar-refractivity contribution in [3.63, 3.8) is 0 Å². The van der Waals surface area contributed by atoms with Gasteiger partial charge in [-0.2, -0.15) is 0 Å². The van der Waals surface area contributed by atoms with Crippen molar-refractivity contribution < 1.29 is 13.9 Å². The first kappa shape index (κ1) is 9.49. The number of rotatable bonds is 1. The third-order valence-corrected chi connectivity index (χ3v) is 1.29. The van der Waals surface area contributed by atoms with Crippen LogP contribution in [-0.2, 0) is 9.53 Å². The summed E-state index contributed by atoms with van der Waals surface area (Å²) < 4.78 is 16.9. The predicted octanol–water partition coefficient (Wildman–Crippen LogP) is 2.22. The molecule has 67 valence electrons. The van der Waals surface area contributed by atoms with Gasteiger partial charge in [0, 0.05) is 12.5 Å². The third-order valence-electron chi connectivity index (χ3n) is 1.29. The lowest BCUT2D eigenvalue weighted by Crippen LogP contribution is -1.89. The van der Waals surface area contributed by atoms with Crippen molar-refractivity contribution in [2.24, 2.45) is 0 Å². The molecule has 0 fully saturated rings. The molecule has 0 spiro atoms. The van der Waals surface area contributed by atoms with Crippen molar-refractivity contribution in [3.8, 4) is 0 Å². The summed E-state index contributed by atoms with van der Waals surface area (Å²) in [6.45, 7) is 1.29. The van der Waals surface area contributed by atoms with Crippen molar-refractivity contribution in [1.29, 1.82) is 0 Å². The van der Waals surface area contributed by atoms with Gasteiger partial charge in [0.05, 0.1) is 0 Å². The van der Waals surface area contributed by atoms with E-state index < -0.39 is 5.97 Å². The van der Waals surface area contributed by atoms with Crippen LogP contribution in [0.1, 0.15) is 6.92 Å². The Bertz CT molecular complexity index is 304.